The lowest BCUT2D eigenvalue weighted by atomic mass is 9.53. The van der Waals surface area contributed by atoms with Crippen molar-refractivity contribution in [1.82, 2.24) is 0 Å². The van der Waals surface area contributed by atoms with Crippen molar-refractivity contribution in [3.05, 3.63) is 34.8 Å². The Kier molecular flexibility index (Phi) is 5.24. The van der Waals surface area contributed by atoms with Crippen LogP contribution in [0.4, 0.5) is 0 Å². The molecule has 1 heterocycles. The molecule has 0 N–H and O–H groups in total. The van der Waals surface area contributed by atoms with E-state index < -0.39 is 6.10 Å². The Labute approximate surface area is 161 Å². The number of furan rings is 1. The maximum atomic E-state index is 12.7. The Morgan fingerprint density at radius 3 is 2.59 bits per heavy atom. The second-order valence-corrected chi connectivity index (χ2v) is 8.29. The van der Waals surface area contributed by atoms with Crippen LogP contribution in [-0.4, -0.2) is 18.0 Å². The van der Waals surface area contributed by atoms with Crippen molar-refractivity contribution in [2.24, 2.45) is 17.3 Å². The molecule has 0 bridgehead atoms. The first-order valence-corrected chi connectivity index (χ1v) is 9.78. The van der Waals surface area contributed by atoms with Crippen molar-refractivity contribution in [3.63, 3.8) is 0 Å². The van der Waals surface area contributed by atoms with E-state index in [9.17, 15) is 9.59 Å². The summed E-state index contributed by atoms with van der Waals surface area (Å²) in [7, 11) is 0. The van der Waals surface area contributed by atoms with E-state index in [1.165, 1.54) is 6.92 Å². The smallest absolute Gasteiger partial charge is 0.334 e. The lowest BCUT2D eigenvalue weighted by molar-refractivity contribution is -0.184. The van der Waals surface area contributed by atoms with Gasteiger partial charge < -0.3 is 13.9 Å². The van der Waals surface area contributed by atoms with E-state index in [4.69, 9.17) is 13.9 Å². The number of carbonyl (C=O) groups excluding carboxylic acids is 2. The molecule has 0 saturated heterocycles. The van der Waals surface area contributed by atoms with E-state index >= 15 is 0 Å². The minimum Gasteiger partial charge on any atom is -0.469 e. The van der Waals surface area contributed by atoms with Crippen molar-refractivity contribution >= 4 is 11.9 Å². The molecular weight excluding hydrogens is 344 g/mol. The largest absolute Gasteiger partial charge is 0.469 e. The van der Waals surface area contributed by atoms with Gasteiger partial charge >= 0.3 is 11.9 Å². The third-order valence-electron chi connectivity index (χ3n) is 6.88. The Bertz CT molecular complexity index is 774. The van der Waals surface area contributed by atoms with Gasteiger partial charge in [0.25, 0.3) is 0 Å². The molecule has 0 aromatic carbocycles. The highest BCUT2D eigenvalue weighted by Crippen LogP contribution is 2.60. The Morgan fingerprint density at radius 1 is 1.26 bits per heavy atom. The second kappa shape index (κ2) is 7.17. The standard InChI is InChI=1S/C22H30O5/c1-7-12(2)21(24)27-20-19-13(3)11-25-18(19)10-16-8-9-17(26-15(5)23)14(4)22(16,20)6/h7,11,14,16-17,20H,8-10H2,1-6H3. The van der Waals surface area contributed by atoms with Gasteiger partial charge in [0.2, 0.25) is 0 Å². The second-order valence-electron chi connectivity index (χ2n) is 8.29. The molecule has 3 rings (SSSR count). The van der Waals surface area contributed by atoms with Crippen LogP contribution in [0, 0.1) is 24.2 Å². The molecule has 27 heavy (non-hydrogen) atoms. The van der Waals surface area contributed by atoms with Gasteiger partial charge in [-0.2, -0.15) is 0 Å². The van der Waals surface area contributed by atoms with E-state index in [0.29, 0.717) is 11.5 Å². The summed E-state index contributed by atoms with van der Waals surface area (Å²) in [5, 5.41) is 0. The van der Waals surface area contributed by atoms with Gasteiger partial charge in [-0.1, -0.05) is 19.9 Å². The van der Waals surface area contributed by atoms with Crippen molar-refractivity contribution in [2.45, 2.75) is 73.0 Å². The van der Waals surface area contributed by atoms with Crippen molar-refractivity contribution in [1.29, 1.82) is 0 Å². The lowest BCUT2D eigenvalue weighted by Gasteiger charge is -2.54. The van der Waals surface area contributed by atoms with Crippen LogP contribution in [-0.2, 0) is 25.5 Å². The zero-order chi connectivity index (χ0) is 19.9. The fraction of sp³-hybridized carbons (Fsp3) is 0.636. The van der Waals surface area contributed by atoms with Crippen molar-refractivity contribution in [3.8, 4) is 0 Å². The van der Waals surface area contributed by atoms with E-state index in [1.54, 1.807) is 19.3 Å². The van der Waals surface area contributed by atoms with E-state index in [-0.39, 0.29) is 29.4 Å². The molecule has 1 saturated carbocycles. The number of esters is 2. The molecule has 5 atom stereocenters. The summed E-state index contributed by atoms with van der Waals surface area (Å²) >= 11 is 0. The first-order valence-electron chi connectivity index (χ1n) is 9.78. The minimum absolute atomic E-state index is 0.0614. The van der Waals surface area contributed by atoms with Gasteiger partial charge in [-0.15, -0.1) is 0 Å². The lowest BCUT2D eigenvalue weighted by Crippen LogP contribution is -2.53. The fourth-order valence-electron chi connectivity index (χ4n) is 4.90. The molecule has 5 nitrogen and oxygen atoms in total. The van der Waals surface area contributed by atoms with Crippen LogP contribution in [0.15, 0.2) is 22.3 Å². The molecule has 5 unspecified atom stereocenters. The van der Waals surface area contributed by atoms with Gasteiger partial charge in [0.05, 0.1) is 6.26 Å². The number of fused-ring (bicyclic) bond motifs is 2. The Hall–Kier alpha value is -2.04. The highest BCUT2D eigenvalue weighted by Gasteiger charge is 2.57. The molecule has 1 aromatic heterocycles. The van der Waals surface area contributed by atoms with E-state index in [2.05, 4.69) is 13.8 Å². The van der Waals surface area contributed by atoms with Crippen LogP contribution in [0.25, 0.3) is 0 Å². The number of ether oxygens (including phenoxy) is 2. The predicted molar refractivity (Wildman–Crippen MR) is 101 cm³/mol. The third-order valence-corrected chi connectivity index (χ3v) is 6.88. The Morgan fingerprint density at radius 2 is 1.96 bits per heavy atom. The number of carbonyl (C=O) groups is 2. The zero-order valence-electron chi connectivity index (χ0n) is 17.1. The molecular formula is C22H30O5. The molecule has 148 valence electrons. The molecule has 2 aliphatic rings. The van der Waals surface area contributed by atoms with Crippen molar-refractivity contribution < 1.29 is 23.5 Å². The molecule has 1 fully saturated rings. The number of rotatable bonds is 3. The number of hydrogen-bond acceptors (Lipinski definition) is 5. The van der Waals surface area contributed by atoms with Gasteiger partial charge in [-0.25, -0.2) is 4.79 Å². The van der Waals surface area contributed by atoms with Crippen LogP contribution in [0.1, 0.15) is 70.5 Å². The average Bonchev–Trinajstić information content (AvgIpc) is 2.98. The molecule has 0 amide bonds. The molecule has 5 heteroatoms. The molecule has 0 spiro atoms. The normalized spacial score (nSPS) is 33.0. The summed E-state index contributed by atoms with van der Waals surface area (Å²) in [5.74, 6) is 0.720. The summed E-state index contributed by atoms with van der Waals surface area (Å²) in [6.07, 6.45) is 5.50. The summed E-state index contributed by atoms with van der Waals surface area (Å²) in [6, 6.07) is 0. The molecule has 0 aliphatic heterocycles. The molecule has 0 radical (unpaired) electrons. The highest BCUT2D eigenvalue weighted by molar-refractivity contribution is 5.87. The third kappa shape index (κ3) is 3.21. The Balaban J connectivity index is 2.05. The quantitative estimate of drug-likeness (QED) is 0.568. The van der Waals surface area contributed by atoms with E-state index in [0.717, 1.165) is 36.1 Å². The maximum absolute atomic E-state index is 12.7. The number of hydrogen-bond donors (Lipinski definition) is 0. The summed E-state index contributed by atoms with van der Waals surface area (Å²) in [5.41, 5.74) is 2.25. The van der Waals surface area contributed by atoms with Gasteiger partial charge in [-0.3, -0.25) is 4.79 Å². The minimum atomic E-state index is -0.416. The summed E-state index contributed by atoms with van der Waals surface area (Å²) in [4.78, 5) is 24.3. The first-order chi connectivity index (χ1) is 12.7. The monoisotopic (exact) mass is 374 g/mol. The van der Waals surface area contributed by atoms with Crippen LogP contribution in [0.2, 0.25) is 0 Å². The average molecular weight is 374 g/mol. The summed E-state index contributed by atoms with van der Waals surface area (Å²) in [6.45, 7) is 11.3. The first kappa shape index (κ1) is 19.7. The van der Waals surface area contributed by atoms with E-state index in [1.807, 2.05) is 13.8 Å². The van der Waals surface area contributed by atoms with Gasteiger partial charge in [0.15, 0.2) is 0 Å². The fourth-order valence-corrected chi connectivity index (χ4v) is 4.90. The van der Waals surface area contributed by atoms with Crippen LogP contribution in [0.3, 0.4) is 0 Å². The number of aryl methyl sites for hydroxylation is 1. The SMILES string of the molecule is CC=C(C)C(=O)OC1c2c(C)coc2CC2CCC(OC(C)=O)C(C)C21C. The number of allylic oxidation sites excluding steroid dienone is 1. The van der Waals surface area contributed by atoms with Gasteiger partial charge in [0.1, 0.15) is 18.0 Å². The highest BCUT2D eigenvalue weighted by atomic mass is 16.6. The zero-order valence-corrected chi connectivity index (χ0v) is 17.1. The predicted octanol–water partition coefficient (Wildman–Crippen LogP) is 4.68. The van der Waals surface area contributed by atoms with Gasteiger partial charge in [-0.05, 0) is 45.1 Å². The van der Waals surface area contributed by atoms with Crippen LogP contribution in [0.5, 0.6) is 0 Å². The maximum Gasteiger partial charge on any atom is 0.334 e. The summed E-state index contributed by atoms with van der Waals surface area (Å²) < 4.78 is 17.5. The molecule has 2 aliphatic carbocycles. The topological polar surface area (TPSA) is 65.7 Å². The van der Waals surface area contributed by atoms with Crippen LogP contribution >= 0.6 is 0 Å². The molecule has 1 aromatic rings. The van der Waals surface area contributed by atoms with Crippen molar-refractivity contribution in [2.75, 3.05) is 0 Å². The van der Waals surface area contributed by atoms with Gasteiger partial charge in [0, 0.05) is 35.8 Å². The van der Waals surface area contributed by atoms with Crippen LogP contribution < -0.4 is 0 Å².